The van der Waals surface area contributed by atoms with Gasteiger partial charge in [-0.3, -0.25) is 4.68 Å². The Labute approximate surface area is 118 Å². The molecule has 1 aromatic carbocycles. The molecule has 1 heterocycles. The molecule has 1 unspecified atom stereocenters. The van der Waals surface area contributed by atoms with E-state index in [9.17, 15) is 4.39 Å². The Kier molecular flexibility index (Phi) is 4.39. The van der Waals surface area contributed by atoms with Crippen molar-refractivity contribution in [2.45, 2.75) is 39.3 Å². The molecular formula is C15H20FN3O. The highest BCUT2D eigenvalue weighted by atomic mass is 19.1. The van der Waals surface area contributed by atoms with Crippen LogP contribution < -0.4 is 10.5 Å². The molecule has 1 aromatic heterocycles. The molecule has 0 aliphatic heterocycles. The van der Waals surface area contributed by atoms with Crippen LogP contribution in [0, 0.1) is 5.82 Å². The van der Waals surface area contributed by atoms with Gasteiger partial charge in [0, 0.05) is 12.1 Å². The van der Waals surface area contributed by atoms with Crippen LogP contribution in [0.4, 0.5) is 4.39 Å². The molecule has 2 N–H and O–H groups in total. The Morgan fingerprint density at radius 1 is 1.35 bits per heavy atom. The lowest BCUT2D eigenvalue weighted by atomic mass is 10.1. The van der Waals surface area contributed by atoms with Gasteiger partial charge in [0.05, 0.1) is 12.4 Å². The molecule has 0 spiro atoms. The molecule has 0 saturated carbocycles. The average Bonchev–Trinajstić information content (AvgIpc) is 2.80. The molecule has 0 saturated heterocycles. The maximum Gasteiger partial charge on any atom is 0.165 e. The van der Waals surface area contributed by atoms with Gasteiger partial charge in [-0.15, -0.1) is 0 Å². The molecule has 2 aromatic rings. The first-order valence-corrected chi connectivity index (χ1v) is 6.71. The first-order chi connectivity index (χ1) is 9.45. The Balaban J connectivity index is 2.12. The normalized spacial score (nSPS) is 12.7. The molecule has 5 heteroatoms. The highest BCUT2D eigenvalue weighted by molar-refractivity contribution is 5.33. The fourth-order valence-corrected chi connectivity index (χ4v) is 1.91. The predicted octanol–water partition coefficient (Wildman–Crippen LogP) is 3.29. The topological polar surface area (TPSA) is 53.1 Å². The van der Waals surface area contributed by atoms with Crippen molar-refractivity contribution in [3.8, 4) is 11.5 Å². The average molecular weight is 277 g/mol. The Hall–Kier alpha value is -1.88. The molecular weight excluding hydrogens is 257 g/mol. The van der Waals surface area contributed by atoms with Crippen LogP contribution in [-0.4, -0.2) is 15.8 Å². The lowest BCUT2D eigenvalue weighted by molar-refractivity contribution is 0.439. The molecule has 0 radical (unpaired) electrons. The molecule has 4 nitrogen and oxygen atoms in total. The standard InChI is InChI=1S/C15H20FN3O/c1-10(2)19-9-13(8-18-19)20-15-5-4-12(6-11(3)17)7-14(15)16/h4-5,7-11H,6,17H2,1-3H3. The summed E-state index contributed by atoms with van der Waals surface area (Å²) in [5.74, 6) is 0.333. The van der Waals surface area contributed by atoms with Gasteiger partial charge in [-0.05, 0) is 44.9 Å². The maximum atomic E-state index is 14.0. The van der Waals surface area contributed by atoms with Gasteiger partial charge >= 0.3 is 0 Å². The minimum atomic E-state index is -0.388. The zero-order chi connectivity index (χ0) is 14.7. The molecule has 2 rings (SSSR count). The van der Waals surface area contributed by atoms with Crippen LogP contribution >= 0.6 is 0 Å². The Morgan fingerprint density at radius 2 is 2.10 bits per heavy atom. The van der Waals surface area contributed by atoms with Crippen LogP contribution in [0.15, 0.2) is 30.6 Å². The fraction of sp³-hybridized carbons (Fsp3) is 0.400. The van der Waals surface area contributed by atoms with Crippen molar-refractivity contribution in [1.82, 2.24) is 9.78 Å². The first kappa shape index (κ1) is 14.5. The van der Waals surface area contributed by atoms with Crippen LogP contribution in [0.2, 0.25) is 0 Å². The Morgan fingerprint density at radius 3 is 2.65 bits per heavy atom. The van der Waals surface area contributed by atoms with Crippen molar-refractivity contribution in [2.24, 2.45) is 5.73 Å². The third-order valence-electron chi connectivity index (χ3n) is 2.89. The van der Waals surface area contributed by atoms with Crippen molar-refractivity contribution >= 4 is 0 Å². The number of nitrogens with two attached hydrogens (primary N) is 1. The molecule has 108 valence electrons. The summed E-state index contributed by atoms with van der Waals surface area (Å²) < 4.78 is 21.2. The van der Waals surface area contributed by atoms with E-state index in [1.54, 1.807) is 23.1 Å². The van der Waals surface area contributed by atoms with Gasteiger partial charge in [0.15, 0.2) is 17.3 Å². The molecule has 0 bridgehead atoms. The molecule has 0 aliphatic carbocycles. The molecule has 1 atom stereocenters. The van der Waals surface area contributed by atoms with E-state index in [-0.39, 0.29) is 23.7 Å². The smallest absolute Gasteiger partial charge is 0.165 e. The molecule has 0 aliphatic rings. The van der Waals surface area contributed by atoms with Crippen LogP contribution in [0.25, 0.3) is 0 Å². The lowest BCUT2D eigenvalue weighted by Gasteiger charge is -2.08. The number of hydrogen-bond donors (Lipinski definition) is 1. The van der Waals surface area contributed by atoms with Crippen molar-refractivity contribution in [3.63, 3.8) is 0 Å². The summed E-state index contributed by atoms with van der Waals surface area (Å²) in [7, 11) is 0. The highest BCUT2D eigenvalue weighted by Gasteiger charge is 2.09. The van der Waals surface area contributed by atoms with Crippen molar-refractivity contribution in [1.29, 1.82) is 0 Å². The van der Waals surface area contributed by atoms with Gasteiger partial charge in [-0.2, -0.15) is 5.10 Å². The number of nitrogens with zero attached hydrogens (tertiary/aromatic N) is 2. The summed E-state index contributed by atoms with van der Waals surface area (Å²) in [5, 5.41) is 4.15. The van der Waals surface area contributed by atoms with Gasteiger partial charge < -0.3 is 10.5 Å². The number of aromatic nitrogens is 2. The van der Waals surface area contributed by atoms with Crippen LogP contribution in [0.1, 0.15) is 32.4 Å². The van der Waals surface area contributed by atoms with E-state index in [2.05, 4.69) is 5.10 Å². The summed E-state index contributed by atoms with van der Waals surface area (Å²) in [4.78, 5) is 0. The second-order valence-electron chi connectivity index (χ2n) is 5.30. The number of ether oxygens (including phenoxy) is 1. The summed E-state index contributed by atoms with van der Waals surface area (Å²) in [6, 6.07) is 5.16. The Bertz CT molecular complexity index is 578. The zero-order valence-corrected chi connectivity index (χ0v) is 12.0. The van der Waals surface area contributed by atoms with Crippen LogP contribution in [0.5, 0.6) is 11.5 Å². The van der Waals surface area contributed by atoms with Gasteiger partial charge in [0.1, 0.15) is 0 Å². The van der Waals surface area contributed by atoms with E-state index in [0.29, 0.717) is 12.2 Å². The van der Waals surface area contributed by atoms with E-state index < -0.39 is 0 Å². The van der Waals surface area contributed by atoms with Gasteiger partial charge in [0.25, 0.3) is 0 Å². The maximum absolute atomic E-state index is 14.0. The monoisotopic (exact) mass is 277 g/mol. The van der Waals surface area contributed by atoms with Crippen molar-refractivity contribution in [2.75, 3.05) is 0 Å². The first-order valence-electron chi connectivity index (χ1n) is 6.71. The predicted molar refractivity (Wildman–Crippen MR) is 76.4 cm³/mol. The van der Waals surface area contributed by atoms with Gasteiger partial charge in [-0.1, -0.05) is 6.07 Å². The zero-order valence-electron chi connectivity index (χ0n) is 12.0. The highest BCUT2D eigenvalue weighted by Crippen LogP contribution is 2.25. The largest absolute Gasteiger partial charge is 0.451 e. The lowest BCUT2D eigenvalue weighted by Crippen LogP contribution is -2.17. The molecule has 0 amide bonds. The molecule has 20 heavy (non-hydrogen) atoms. The van der Waals surface area contributed by atoms with Crippen LogP contribution in [-0.2, 0) is 6.42 Å². The van der Waals surface area contributed by atoms with E-state index in [0.717, 1.165) is 5.56 Å². The summed E-state index contributed by atoms with van der Waals surface area (Å²) in [6.07, 6.45) is 3.97. The summed E-state index contributed by atoms with van der Waals surface area (Å²) in [6.45, 7) is 5.92. The van der Waals surface area contributed by atoms with Gasteiger partial charge in [-0.25, -0.2) is 4.39 Å². The summed E-state index contributed by atoms with van der Waals surface area (Å²) >= 11 is 0. The van der Waals surface area contributed by atoms with Crippen molar-refractivity contribution < 1.29 is 9.13 Å². The second kappa shape index (κ2) is 6.05. The third kappa shape index (κ3) is 3.57. The SMILES string of the molecule is CC(N)Cc1ccc(Oc2cnn(C(C)C)c2)c(F)c1. The van der Waals surface area contributed by atoms with E-state index in [1.165, 1.54) is 6.07 Å². The molecule has 0 fully saturated rings. The van der Waals surface area contributed by atoms with E-state index in [1.807, 2.05) is 26.8 Å². The number of benzene rings is 1. The van der Waals surface area contributed by atoms with Crippen LogP contribution in [0.3, 0.4) is 0 Å². The van der Waals surface area contributed by atoms with Crippen molar-refractivity contribution in [3.05, 3.63) is 42.0 Å². The number of halogens is 1. The van der Waals surface area contributed by atoms with E-state index >= 15 is 0 Å². The minimum absolute atomic E-state index is 0.00504. The third-order valence-corrected chi connectivity index (χ3v) is 2.89. The van der Waals surface area contributed by atoms with Gasteiger partial charge in [0.2, 0.25) is 0 Å². The number of rotatable bonds is 5. The second-order valence-corrected chi connectivity index (χ2v) is 5.30. The quantitative estimate of drug-likeness (QED) is 0.912. The minimum Gasteiger partial charge on any atom is -0.451 e. The number of hydrogen-bond acceptors (Lipinski definition) is 3. The van der Waals surface area contributed by atoms with E-state index in [4.69, 9.17) is 10.5 Å². The fourth-order valence-electron chi connectivity index (χ4n) is 1.91. The summed E-state index contributed by atoms with van der Waals surface area (Å²) in [5.41, 5.74) is 6.57.